The van der Waals surface area contributed by atoms with Crippen LogP contribution in [-0.4, -0.2) is 11.0 Å². The highest BCUT2D eigenvalue weighted by Crippen LogP contribution is 2.42. The Balaban J connectivity index is 1.55. The van der Waals surface area contributed by atoms with Crippen molar-refractivity contribution in [2.24, 2.45) is 0 Å². The Hall–Kier alpha value is -4.65. The Bertz CT molecular complexity index is 1600. The van der Waals surface area contributed by atoms with Crippen molar-refractivity contribution in [3.05, 3.63) is 114 Å². The second-order valence-electron chi connectivity index (χ2n) is 8.67. The molecule has 0 N–H and O–H groups in total. The normalized spacial score (nSPS) is 11.4. The van der Waals surface area contributed by atoms with Crippen LogP contribution in [0.15, 0.2) is 103 Å². The number of halogens is 3. The second kappa shape index (κ2) is 10.4. The fourth-order valence-corrected chi connectivity index (χ4v) is 4.33. The van der Waals surface area contributed by atoms with Crippen LogP contribution in [0.2, 0.25) is 0 Å². The molecule has 7 heteroatoms. The molecule has 0 aliphatic rings. The van der Waals surface area contributed by atoms with Gasteiger partial charge in [-0.1, -0.05) is 66.7 Å². The van der Waals surface area contributed by atoms with Gasteiger partial charge in [-0.25, -0.2) is 0 Å². The summed E-state index contributed by atoms with van der Waals surface area (Å²) in [6.07, 6.45) is -3.03. The van der Waals surface area contributed by atoms with E-state index in [9.17, 15) is 18.0 Å². The zero-order valence-electron chi connectivity index (χ0n) is 20.3. The zero-order valence-corrected chi connectivity index (χ0v) is 20.3. The number of carbonyl (C=O) groups excluding carboxylic acids is 1. The number of para-hydroxylation sites is 1. The standard InChI is InChI=1S/C31H22F3NO3/c1-20(36)38-24-15-13-21(14-16-24)19-37-25-10-5-9-23(17-25)29-26-11-6-12-28(31(32,33)34)30(26)35-18-27(29)22-7-3-2-4-8-22/h2-18H,19H2,1H3. The van der Waals surface area contributed by atoms with Gasteiger partial charge in [-0.3, -0.25) is 9.78 Å². The van der Waals surface area contributed by atoms with Crippen LogP contribution in [0.4, 0.5) is 13.2 Å². The van der Waals surface area contributed by atoms with Gasteiger partial charge in [-0.2, -0.15) is 13.2 Å². The SMILES string of the molecule is CC(=O)Oc1ccc(COc2cccc(-c3c(-c4ccccc4)cnc4c(C(F)(F)F)cccc34)c2)cc1. The number of benzene rings is 4. The van der Waals surface area contributed by atoms with Crippen LogP contribution in [0.1, 0.15) is 18.1 Å². The summed E-state index contributed by atoms with van der Waals surface area (Å²) in [4.78, 5) is 15.4. The molecule has 0 aliphatic heterocycles. The molecule has 4 nitrogen and oxygen atoms in total. The number of carbonyl (C=O) groups is 1. The molecule has 190 valence electrons. The number of alkyl halides is 3. The van der Waals surface area contributed by atoms with Crippen LogP contribution in [0.3, 0.4) is 0 Å². The molecule has 0 atom stereocenters. The Morgan fingerprint density at radius 3 is 2.24 bits per heavy atom. The molecule has 38 heavy (non-hydrogen) atoms. The van der Waals surface area contributed by atoms with Crippen molar-refractivity contribution in [1.29, 1.82) is 0 Å². The van der Waals surface area contributed by atoms with Crippen LogP contribution in [0.5, 0.6) is 11.5 Å². The molecule has 0 bridgehead atoms. The first-order valence-electron chi connectivity index (χ1n) is 11.8. The Labute approximate surface area is 217 Å². The number of aromatic nitrogens is 1. The van der Waals surface area contributed by atoms with Crippen LogP contribution < -0.4 is 9.47 Å². The molecule has 1 heterocycles. The third-order valence-corrected chi connectivity index (χ3v) is 6.00. The number of hydrogen-bond acceptors (Lipinski definition) is 4. The molecule has 5 aromatic rings. The van der Waals surface area contributed by atoms with Gasteiger partial charge in [0.05, 0.1) is 11.1 Å². The number of ether oxygens (including phenoxy) is 2. The van der Waals surface area contributed by atoms with E-state index in [1.807, 2.05) is 48.5 Å². The van der Waals surface area contributed by atoms with E-state index < -0.39 is 17.7 Å². The Morgan fingerprint density at radius 2 is 1.53 bits per heavy atom. The van der Waals surface area contributed by atoms with Crippen LogP contribution in [0, 0.1) is 0 Å². The number of fused-ring (bicyclic) bond motifs is 1. The van der Waals surface area contributed by atoms with Gasteiger partial charge in [0, 0.05) is 29.6 Å². The molecule has 0 saturated carbocycles. The van der Waals surface area contributed by atoms with E-state index in [4.69, 9.17) is 9.47 Å². The molecule has 5 rings (SSSR count). The number of hydrogen-bond donors (Lipinski definition) is 0. The van der Waals surface area contributed by atoms with Crippen LogP contribution in [-0.2, 0) is 17.6 Å². The van der Waals surface area contributed by atoms with Gasteiger partial charge in [0.25, 0.3) is 0 Å². The number of esters is 1. The first-order valence-corrected chi connectivity index (χ1v) is 11.8. The maximum absolute atomic E-state index is 13.8. The van der Waals surface area contributed by atoms with Gasteiger partial charge >= 0.3 is 12.1 Å². The summed E-state index contributed by atoms with van der Waals surface area (Å²) in [6, 6.07) is 27.8. The fraction of sp³-hybridized carbons (Fsp3) is 0.0968. The van der Waals surface area contributed by atoms with Gasteiger partial charge in [-0.05, 0) is 47.0 Å². The number of rotatable bonds is 6. The smallest absolute Gasteiger partial charge is 0.418 e. The monoisotopic (exact) mass is 513 g/mol. The highest BCUT2D eigenvalue weighted by atomic mass is 19.4. The molecular formula is C31H22F3NO3. The summed E-state index contributed by atoms with van der Waals surface area (Å²) in [5.41, 5.74) is 2.89. The van der Waals surface area contributed by atoms with Crippen LogP contribution in [0.25, 0.3) is 33.2 Å². The molecule has 0 fully saturated rings. The molecule has 0 unspecified atom stereocenters. The van der Waals surface area contributed by atoms with Gasteiger partial charge in [0.1, 0.15) is 18.1 Å². The van der Waals surface area contributed by atoms with Crippen molar-refractivity contribution in [1.82, 2.24) is 4.98 Å². The van der Waals surface area contributed by atoms with Crippen molar-refractivity contribution < 1.29 is 27.4 Å². The third-order valence-electron chi connectivity index (χ3n) is 6.00. The van der Waals surface area contributed by atoms with Crippen molar-refractivity contribution in [3.8, 4) is 33.8 Å². The van der Waals surface area contributed by atoms with Crippen molar-refractivity contribution in [3.63, 3.8) is 0 Å². The molecule has 1 aromatic heterocycles. The van der Waals surface area contributed by atoms with E-state index in [1.54, 1.807) is 36.4 Å². The van der Waals surface area contributed by atoms with E-state index in [1.165, 1.54) is 19.2 Å². The third kappa shape index (κ3) is 5.37. The molecule has 0 amide bonds. The van der Waals surface area contributed by atoms with Gasteiger partial charge in [-0.15, -0.1) is 0 Å². The summed E-state index contributed by atoms with van der Waals surface area (Å²) in [7, 11) is 0. The average Bonchev–Trinajstić information content (AvgIpc) is 2.91. The van der Waals surface area contributed by atoms with E-state index in [0.29, 0.717) is 28.0 Å². The first kappa shape index (κ1) is 25.0. The quantitative estimate of drug-likeness (QED) is 0.170. The lowest BCUT2D eigenvalue weighted by Gasteiger charge is -2.17. The molecule has 0 saturated heterocycles. The number of nitrogens with zero attached hydrogens (tertiary/aromatic N) is 1. The Morgan fingerprint density at radius 1 is 0.816 bits per heavy atom. The summed E-state index contributed by atoms with van der Waals surface area (Å²) >= 11 is 0. The van der Waals surface area contributed by atoms with E-state index in [0.717, 1.165) is 22.8 Å². The molecule has 0 aliphatic carbocycles. The van der Waals surface area contributed by atoms with Crippen LogP contribution >= 0.6 is 0 Å². The molecule has 0 spiro atoms. The minimum Gasteiger partial charge on any atom is -0.489 e. The minimum atomic E-state index is -4.53. The van der Waals surface area contributed by atoms with Crippen molar-refractivity contribution in [2.75, 3.05) is 0 Å². The first-order chi connectivity index (χ1) is 18.3. The lowest BCUT2D eigenvalue weighted by molar-refractivity contribution is -0.136. The fourth-order valence-electron chi connectivity index (χ4n) is 4.33. The predicted molar refractivity (Wildman–Crippen MR) is 140 cm³/mol. The lowest BCUT2D eigenvalue weighted by atomic mass is 9.91. The van der Waals surface area contributed by atoms with E-state index >= 15 is 0 Å². The number of pyridine rings is 1. The highest BCUT2D eigenvalue weighted by molar-refractivity contribution is 6.03. The van der Waals surface area contributed by atoms with Gasteiger partial charge in [0.2, 0.25) is 0 Å². The predicted octanol–water partition coefficient (Wildman–Crippen LogP) is 8.09. The maximum atomic E-state index is 13.8. The van der Waals surface area contributed by atoms with Crippen molar-refractivity contribution >= 4 is 16.9 Å². The topological polar surface area (TPSA) is 48.4 Å². The summed E-state index contributed by atoms with van der Waals surface area (Å²) in [5, 5.41) is 0.402. The Kier molecular flexibility index (Phi) is 6.83. The summed E-state index contributed by atoms with van der Waals surface area (Å²) < 4.78 is 52.5. The largest absolute Gasteiger partial charge is 0.489 e. The van der Waals surface area contributed by atoms with E-state index in [-0.39, 0.29) is 12.1 Å². The second-order valence-corrected chi connectivity index (χ2v) is 8.67. The molecule has 4 aromatic carbocycles. The molecular weight excluding hydrogens is 491 g/mol. The van der Waals surface area contributed by atoms with Crippen molar-refractivity contribution in [2.45, 2.75) is 19.7 Å². The highest BCUT2D eigenvalue weighted by Gasteiger charge is 2.33. The average molecular weight is 514 g/mol. The summed E-state index contributed by atoms with van der Waals surface area (Å²) in [6.45, 7) is 1.59. The molecule has 0 radical (unpaired) electrons. The minimum absolute atomic E-state index is 0.103. The maximum Gasteiger partial charge on any atom is 0.418 e. The summed E-state index contributed by atoms with van der Waals surface area (Å²) in [5.74, 6) is 0.605. The lowest BCUT2D eigenvalue weighted by Crippen LogP contribution is -2.07. The van der Waals surface area contributed by atoms with E-state index in [2.05, 4.69) is 4.98 Å². The van der Waals surface area contributed by atoms with Gasteiger partial charge < -0.3 is 9.47 Å². The van der Waals surface area contributed by atoms with Gasteiger partial charge in [0.15, 0.2) is 0 Å². The zero-order chi connectivity index (χ0) is 26.7.